The second kappa shape index (κ2) is 7.26. The SMILES string of the molecule is c1cncc(-c2cccc(OC3CCN(c4ncnc5nc[nH]c45)CC3)c2)c1. The molecule has 0 aliphatic carbocycles. The molecule has 0 radical (unpaired) electrons. The molecule has 140 valence electrons. The number of aromatic amines is 1. The van der Waals surface area contributed by atoms with Gasteiger partial charge < -0.3 is 14.6 Å². The van der Waals surface area contributed by atoms with E-state index in [0.29, 0.717) is 5.65 Å². The van der Waals surface area contributed by atoms with Crippen LogP contribution in [-0.2, 0) is 0 Å². The number of imidazole rings is 1. The fourth-order valence-electron chi connectivity index (χ4n) is 3.65. The number of anilines is 1. The molecule has 3 aromatic heterocycles. The molecule has 4 aromatic rings. The highest BCUT2D eigenvalue weighted by atomic mass is 16.5. The van der Waals surface area contributed by atoms with Crippen LogP contribution in [0.25, 0.3) is 22.3 Å². The van der Waals surface area contributed by atoms with Crippen molar-refractivity contribution in [1.29, 1.82) is 0 Å². The fraction of sp³-hybridized carbons (Fsp3) is 0.238. The standard InChI is InChI=1S/C21H20N6O/c1-3-15(16-4-2-8-22-12-16)11-18(5-1)28-17-6-9-27(10-7-17)21-19-20(24-13-23-19)25-14-26-21/h1-5,8,11-14,17H,6-7,9-10H2,(H,23,24,25,26). The average Bonchev–Trinajstić information content (AvgIpc) is 3.24. The second-order valence-electron chi connectivity index (χ2n) is 6.87. The summed E-state index contributed by atoms with van der Waals surface area (Å²) in [6, 6.07) is 12.2. The first kappa shape index (κ1) is 16.7. The summed E-state index contributed by atoms with van der Waals surface area (Å²) >= 11 is 0. The van der Waals surface area contributed by atoms with Crippen molar-refractivity contribution in [2.45, 2.75) is 18.9 Å². The second-order valence-corrected chi connectivity index (χ2v) is 6.87. The van der Waals surface area contributed by atoms with Crippen LogP contribution < -0.4 is 9.64 Å². The minimum atomic E-state index is 0.194. The minimum Gasteiger partial charge on any atom is -0.490 e. The van der Waals surface area contributed by atoms with Crippen molar-refractivity contribution in [2.75, 3.05) is 18.0 Å². The molecule has 0 atom stereocenters. The third-order valence-corrected chi connectivity index (χ3v) is 5.08. The summed E-state index contributed by atoms with van der Waals surface area (Å²) in [6.07, 6.45) is 8.97. The van der Waals surface area contributed by atoms with Crippen LogP contribution in [0.2, 0.25) is 0 Å². The Morgan fingerprint density at radius 1 is 1.00 bits per heavy atom. The van der Waals surface area contributed by atoms with Gasteiger partial charge in [-0.15, -0.1) is 0 Å². The van der Waals surface area contributed by atoms with E-state index in [1.807, 2.05) is 24.4 Å². The van der Waals surface area contributed by atoms with Gasteiger partial charge in [0.25, 0.3) is 0 Å². The Labute approximate surface area is 162 Å². The van der Waals surface area contributed by atoms with Crippen molar-refractivity contribution < 1.29 is 4.74 Å². The number of aromatic nitrogens is 5. The van der Waals surface area contributed by atoms with Crippen LogP contribution >= 0.6 is 0 Å². The fourth-order valence-corrected chi connectivity index (χ4v) is 3.65. The highest BCUT2D eigenvalue weighted by Gasteiger charge is 2.23. The van der Waals surface area contributed by atoms with E-state index in [2.05, 4.69) is 48.0 Å². The maximum Gasteiger partial charge on any atom is 0.182 e. The van der Waals surface area contributed by atoms with Gasteiger partial charge in [0.1, 0.15) is 23.7 Å². The third kappa shape index (κ3) is 3.26. The number of hydrogen-bond donors (Lipinski definition) is 1. The Morgan fingerprint density at radius 3 is 2.75 bits per heavy atom. The molecule has 1 N–H and O–H groups in total. The van der Waals surface area contributed by atoms with Crippen LogP contribution in [0.5, 0.6) is 5.75 Å². The number of ether oxygens (including phenoxy) is 1. The normalized spacial score (nSPS) is 15.1. The molecule has 0 spiro atoms. The molecule has 7 heteroatoms. The highest BCUT2D eigenvalue weighted by molar-refractivity contribution is 5.82. The topological polar surface area (TPSA) is 79.8 Å². The number of hydrogen-bond acceptors (Lipinski definition) is 6. The first-order chi connectivity index (χ1) is 13.9. The molecule has 1 fully saturated rings. The summed E-state index contributed by atoms with van der Waals surface area (Å²) in [7, 11) is 0. The maximum absolute atomic E-state index is 6.27. The Morgan fingerprint density at radius 2 is 1.89 bits per heavy atom. The van der Waals surface area contributed by atoms with Gasteiger partial charge in [-0.05, 0) is 23.8 Å². The van der Waals surface area contributed by atoms with Crippen LogP contribution in [0.15, 0.2) is 61.4 Å². The van der Waals surface area contributed by atoms with Gasteiger partial charge in [0.05, 0.1) is 6.33 Å². The molecule has 4 heterocycles. The largest absolute Gasteiger partial charge is 0.490 e. The number of piperidine rings is 1. The first-order valence-electron chi connectivity index (χ1n) is 9.43. The summed E-state index contributed by atoms with van der Waals surface area (Å²) in [5, 5.41) is 0. The molecular formula is C21H20N6O. The quantitative estimate of drug-likeness (QED) is 0.591. The zero-order valence-electron chi connectivity index (χ0n) is 15.3. The van der Waals surface area contributed by atoms with E-state index in [1.165, 1.54) is 0 Å². The van der Waals surface area contributed by atoms with Gasteiger partial charge in [-0.2, -0.15) is 0 Å². The molecule has 0 unspecified atom stereocenters. The summed E-state index contributed by atoms with van der Waals surface area (Å²) < 4.78 is 6.27. The van der Waals surface area contributed by atoms with E-state index < -0.39 is 0 Å². The molecule has 28 heavy (non-hydrogen) atoms. The molecule has 5 rings (SSSR count). The number of benzene rings is 1. The minimum absolute atomic E-state index is 0.194. The van der Waals surface area contributed by atoms with Crippen LogP contribution in [0, 0.1) is 0 Å². The summed E-state index contributed by atoms with van der Waals surface area (Å²) in [4.78, 5) is 22.5. The van der Waals surface area contributed by atoms with Crippen molar-refractivity contribution in [3.8, 4) is 16.9 Å². The van der Waals surface area contributed by atoms with Gasteiger partial charge in [0.2, 0.25) is 0 Å². The van der Waals surface area contributed by atoms with Gasteiger partial charge in [-0.3, -0.25) is 4.98 Å². The molecule has 0 bridgehead atoms. The third-order valence-electron chi connectivity index (χ3n) is 5.08. The number of rotatable bonds is 4. The molecule has 7 nitrogen and oxygen atoms in total. The van der Waals surface area contributed by atoms with Crippen LogP contribution in [0.4, 0.5) is 5.82 Å². The first-order valence-corrected chi connectivity index (χ1v) is 9.43. The lowest BCUT2D eigenvalue weighted by molar-refractivity contribution is 0.171. The zero-order chi connectivity index (χ0) is 18.8. The van der Waals surface area contributed by atoms with Crippen molar-refractivity contribution >= 4 is 17.0 Å². The summed E-state index contributed by atoms with van der Waals surface area (Å²) in [5.41, 5.74) is 3.81. The molecule has 0 amide bonds. The Hall–Kier alpha value is -3.48. The van der Waals surface area contributed by atoms with E-state index in [4.69, 9.17) is 4.74 Å². The summed E-state index contributed by atoms with van der Waals surface area (Å²) in [5.74, 6) is 1.82. The predicted molar refractivity (Wildman–Crippen MR) is 107 cm³/mol. The van der Waals surface area contributed by atoms with Crippen molar-refractivity contribution in [3.63, 3.8) is 0 Å². The molecule has 1 aliphatic rings. The van der Waals surface area contributed by atoms with Crippen molar-refractivity contribution in [1.82, 2.24) is 24.9 Å². The smallest absolute Gasteiger partial charge is 0.182 e. The van der Waals surface area contributed by atoms with Gasteiger partial charge in [-0.25, -0.2) is 15.0 Å². The van der Waals surface area contributed by atoms with E-state index in [9.17, 15) is 0 Å². The molecule has 1 aromatic carbocycles. The van der Waals surface area contributed by atoms with Gasteiger partial charge >= 0.3 is 0 Å². The van der Waals surface area contributed by atoms with Gasteiger partial charge in [0.15, 0.2) is 11.5 Å². The molecular weight excluding hydrogens is 352 g/mol. The van der Waals surface area contributed by atoms with E-state index in [0.717, 1.165) is 54.1 Å². The maximum atomic E-state index is 6.27. The Kier molecular flexibility index (Phi) is 4.33. The van der Waals surface area contributed by atoms with Crippen LogP contribution in [0.1, 0.15) is 12.8 Å². The Balaban J connectivity index is 1.26. The van der Waals surface area contributed by atoms with Crippen molar-refractivity contribution in [3.05, 3.63) is 61.4 Å². The van der Waals surface area contributed by atoms with E-state index >= 15 is 0 Å². The number of fused-ring (bicyclic) bond motifs is 1. The Bertz CT molecular complexity index is 1070. The zero-order valence-corrected chi connectivity index (χ0v) is 15.3. The predicted octanol–water partition coefficient (Wildman–Crippen LogP) is 3.46. The monoisotopic (exact) mass is 372 g/mol. The highest BCUT2D eigenvalue weighted by Crippen LogP contribution is 2.27. The van der Waals surface area contributed by atoms with Crippen LogP contribution in [0.3, 0.4) is 0 Å². The lowest BCUT2D eigenvalue weighted by atomic mass is 10.1. The average molecular weight is 372 g/mol. The van der Waals surface area contributed by atoms with Gasteiger partial charge in [0, 0.05) is 43.9 Å². The molecule has 1 aliphatic heterocycles. The number of nitrogens with zero attached hydrogens (tertiary/aromatic N) is 5. The van der Waals surface area contributed by atoms with E-state index in [-0.39, 0.29) is 6.10 Å². The number of pyridine rings is 1. The van der Waals surface area contributed by atoms with E-state index in [1.54, 1.807) is 18.9 Å². The lowest BCUT2D eigenvalue weighted by Crippen LogP contribution is -2.38. The number of nitrogens with one attached hydrogen (secondary N) is 1. The van der Waals surface area contributed by atoms with Crippen molar-refractivity contribution in [2.24, 2.45) is 0 Å². The lowest BCUT2D eigenvalue weighted by Gasteiger charge is -2.33. The van der Waals surface area contributed by atoms with Gasteiger partial charge in [-0.1, -0.05) is 18.2 Å². The molecule has 1 saturated heterocycles. The van der Waals surface area contributed by atoms with Crippen LogP contribution in [-0.4, -0.2) is 44.1 Å². The summed E-state index contributed by atoms with van der Waals surface area (Å²) in [6.45, 7) is 1.77. The molecule has 0 saturated carbocycles. The number of H-pyrrole nitrogens is 1.